The van der Waals surface area contributed by atoms with Crippen molar-refractivity contribution in [1.29, 1.82) is 0 Å². The van der Waals surface area contributed by atoms with Crippen LogP contribution in [0.4, 0.5) is 4.39 Å². The Balaban J connectivity index is 1.32. The normalized spacial score (nSPS) is 22.2. The van der Waals surface area contributed by atoms with Crippen LogP contribution in [0.1, 0.15) is 0 Å². The van der Waals surface area contributed by atoms with Crippen LogP contribution in [0.15, 0.2) is 47.1 Å². The molecule has 0 saturated carbocycles. The van der Waals surface area contributed by atoms with E-state index in [4.69, 9.17) is 40.5 Å². The minimum absolute atomic E-state index is 0.184. The predicted octanol–water partition coefficient (Wildman–Crippen LogP) is 5.93. The third kappa shape index (κ3) is 6.12. The van der Waals surface area contributed by atoms with Crippen molar-refractivity contribution in [2.75, 3.05) is 19.8 Å². The smallest absolute Gasteiger partial charge is 0.301 e. The molecule has 5 heterocycles. The van der Waals surface area contributed by atoms with Crippen LogP contribution in [0, 0.1) is 5.82 Å². The van der Waals surface area contributed by atoms with E-state index in [9.17, 15) is 9.50 Å². The molecule has 13 heteroatoms. The van der Waals surface area contributed by atoms with Gasteiger partial charge in [-0.1, -0.05) is 55.5 Å². The lowest BCUT2D eigenvalue weighted by Gasteiger charge is -2.19. The highest BCUT2D eigenvalue weighted by molar-refractivity contribution is 9.10. The molecule has 4 atom stereocenters. The molecule has 0 radical (unpaired) electrons. The van der Waals surface area contributed by atoms with E-state index in [0.29, 0.717) is 44.5 Å². The van der Waals surface area contributed by atoms with Crippen LogP contribution in [-0.2, 0) is 20.9 Å². The fraction of sp³-hybridized carbons (Fsp3) is 0.414. The highest BCUT2D eigenvalue weighted by Crippen LogP contribution is 2.35. The van der Waals surface area contributed by atoms with Crippen LogP contribution >= 0.6 is 27.5 Å². The average molecular weight is 678 g/mol. The molecule has 222 valence electrons. The number of ether oxygens (including phenoxy) is 4. The third-order valence-electron chi connectivity index (χ3n) is 7.33. The molecule has 0 aliphatic carbocycles. The van der Waals surface area contributed by atoms with Crippen molar-refractivity contribution in [3.63, 3.8) is 0 Å². The van der Waals surface area contributed by atoms with Gasteiger partial charge in [-0.2, -0.15) is 4.98 Å². The fourth-order valence-electron chi connectivity index (χ4n) is 5.04. The number of imidazole rings is 1. The summed E-state index contributed by atoms with van der Waals surface area (Å²) in [5.41, 5.74) is 3.28. The first kappa shape index (κ1) is 29.6. The zero-order valence-electron chi connectivity index (χ0n) is 23.4. The first-order chi connectivity index (χ1) is 20.1. The largest absolute Gasteiger partial charge is 0.456 e. The number of halogens is 3. The van der Waals surface area contributed by atoms with Gasteiger partial charge in [0.2, 0.25) is 0 Å². The topological polar surface area (TPSA) is 101 Å². The first-order valence-corrected chi connectivity index (χ1v) is 18.6. The number of aliphatic hydroxyl groups excluding tert-OH is 1. The van der Waals surface area contributed by atoms with E-state index in [1.54, 1.807) is 29.0 Å². The molecular weight excluding hydrogens is 647 g/mol. The zero-order valence-corrected chi connectivity index (χ0v) is 26.7. The monoisotopic (exact) mass is 676 g/mol. The van der Waals surface area contributed by atoms with Crippen molar-refractivity contribution in [2.24, 2.45) is 0 Å². The maximum Gasteiger partial charge on any atom is 0.301 e. The molecule has 4 aromatic rings. The zero-order chi connectivity index (χ0) is 29.6. The molecule has 0 unspecified atom stereocenters. The number of fused-ring (bicyclic) bond motifs is 2. The number of rotatable bonds is 9. The second kappa shape index (κ2) is 11.9. The Hall–Kier alpha value is -2.45. The lowest BCUT2D eigenvalue weighted by molar-refractivity contribution is 0.00336. The Morgan fingerprint density at radius 3 is 2.50 bits per heavy atom. The van der Waals surface area contributed by atoms with E-state index in [1.165, 1.54) is 6.07 Å². The van der Waals surface area contributed by atoms with Gasteiger partial charge in [0.1, 0.15) is 36.3 Å². The molecule has 3 aromatic heterocycles. The Labute approximate surface area is 257 Å². The highest BCUT2D eigenvalue weighted by Gasteiger charge is 2.49. The van der Waals surface area contributed by atoms with Gasteiger partial charge in [0, 0.05) is 36.5 Å². The van der Waals surface area contributed by atoms with Crippen molar-refractivity contribution < 1.29 is 28.4 Å². The van der Waals surface area contributed by atoms with Crippen LogP contribution in [0.3, 0.4) is 0 Å². The molecule has 1 N–H and O–H groups in total. The summed E-state index contributed by atoms with van der Waals surface area (Å²) in [6, 6.07) is 11.7. The molecule has 6 rings (SSSR count). The van der Waals surface area contributed by atoms with Crippen molar-refractivity contribution in [3.8, 4) is 28.5 Å². The molecule has 0 amide bonds. The Morgan fingerprint density at radius 2 is 1.79 bits per heavy atom. The molecule has 9 nitrogen and oxygen atoms in total. The van der Waals surface area contributed by atoms with Crippen LogP contribution in [0.2, 0.25) is 30.7 Å². The van der Waals surface area contributed by atoms with E-state index < -0.39 is 38.3 Å². The van der Waals surface area contributed by atoms with Gasteiger partial charge >= 0.3 is 6.01 Å². The van der Waals surface area contributed by atoms with Crippen LogP contribution in [0.25, 0.3) is 33.7 Å². The SMILES string of the molecule is C[Si](C)(C)CCOCn1c(O[C@@H]2CO[C@H]3[C@@H]2OC[C@H]3O)nc2cc(Cl)c(-c3ccc(-c4ncc(Br)cc4F)cc3)nc21. The van der Waals surface area contributed by atoms with Gasteiger partial charge in [0.05, 0.1) is 23.9 Å². The number of pyridine rings is 2. The molecule has 1 aromatic carbocycles. The number of nitrogens with zero attached hydrogens (tertiary/aromatic N) is 4. The lowest BCUT2D eigenvalue weighted by atomic mass is 10.1. The minimum Gasteiger partial charge on any atom is -0.456 e. The maximum atomic E-state index is 14.5. The number of benzene rings is 1. The average Bonchev–Trinajstić information content (AvgIpc) is 3.61. The summed E-state index contributed by atoms with van der Waals surface area (Å²) in [6.07, 6.45) is -0.386. The molecule has 42 heavy (non-hydrogen) atoms. The molecule has 0 spiro atoms. The second-order valence-electron chi connectivity index (χ2n) is 11.7. The van der Waals surface area contributed by atoms with E-state index in [0.717, 1.165) is 11.6 Å². The first-order valence-electron chi connectivity index (χ1n) is 13.7. The molecule has 2 fully saturated rings. The van der Waals surface area contributed by atoms with Gasteiger partial charge in [-0.25, -0.2) is 9.37 Å². The molecular formula is C29H31BrClFN4O5Si. The summed E-state index contributed by atoms with van der Waals surface area (Å²) in [5, 5.41) is 10.6. The van der Waals surface area contributed by atoms with Crippen molar-refractivity contribution in [1.82, 2.24) is 19.5 Å². The molecule has 2 saturated heterocycles. The van der Waals surface area contributed by atoms with E-state index in [-0.39, 0.29) is 25.6 Å². The summed E-state index contributed by atoms with van der Waals surface area (Å²) in [6.45, 7) is 8.15. The van der Waals surface area contributed by atoms with Gasteiger partial charge in [-0.05, 0) is 34.1 Å². The van der Waals surface area contributed by atoms with Gasteiger partial charge in [0.25, 0.3) is 0 Å². The van der Waals surface area contributed by atoms with E-state index in [1.807, 2.05) is 12.1 Å². The fourth-order valence-corrected chi connectivity index (χ4v) is 6.36. The summed E-state index contributed by atoms with van der Waals surface area (Å²) < 4.78 is 40.7. The van der Waals surface area contributed by atoms with E-state index >= 15 is 0 Å². The van der Waals surface area contributed by atoms with Crippen LogP contribution in [0.5, 0.6) is 6.01 Å². The van der Waals surface area contributed by atoms with Crippen molar-refractivity contribution >= 4 is 46.8 Å². The molecule has 2 aliphatic heterocycles. The minimum atomic E-state index is -1.29. The summed E-state index contributed by atoms with van der Waals surface area (Å²) >= 11 is 9.95. The summed E-state index contributed by atoms with van der Waals surface area (Å²) in [4.78, 5) is 13.8. The molecule has 0 bridgehead atoms. The van der Waals surface area contributed by atoms with Gasteiger partial charge in [0.15, 0.2) is 17.6 Å². The maximum absolute atomic E-state index is 14.5. The number of aliphatic hydroxyl groups is 1. The number of hydrogen-bond acceptors (Lipinski definition) is 8. The number of hydrogen-bond donors (Lipinski definition) is 1. The lowest BCUT2D eigenvalue weighted by Crippen LogP contribution is -2.35. The highest BCUT2D eigenvalue weighted by atomic mass is 79.9. The van der Waals surface area contributed by atoms with Crippen molar-refractivity contribution in [3.05, 3.63) is 57.9 Å². The van der Waals surface area contributed by atoms with Gasteiger partial charge in [-0.15, -0.1) is 0 Å². The second-order valence-corrected chi connectivity index (χ2v) is 18.7. The summed E-state index contributed by atoms with van der Waals surface area (Å²) in [5.74, 6) is -0.420. The van der Waals surface area contributed by atoms with E-state index in [2.05, 4.69) is 40.6 Å². The van der Waals surface area contributed by atoms with Crippen LogP contribution in [-0.4, -0.2) is 76.9 Å². The van der Waals surface area contributed by atoms with Gasteiger partial charge < -0.3 is 24.1 Å². The quantitative estimate of drug-likeness (QED) is 0.172. The third-order valence-corrected chi connectivity index (χ3v) is 9.76. The summed E-state index contributed by atoms with van der Waals surface area (Å²) in [7, 11) is -1.29. The predicted molar refractivity (Wildman–Crippen MR) is 163 cm³/mol. The Morgan fingerprint density at radius 1 is 1.07 bits per heavy atom. The number of aromatic nitrogens is 4. The van der Waals surface area contributed by atoms with Crippen LogP contribution < -0.4 is 4.74 Å². The van der Waals surface area contributed by atoms with Gasteiger partial charge in [-0.3, -0.25) is 9.55 Å². The van der Waals surface area contributed by atoms with Crippen molar-refractivity contribution in [2.45, 2.75) is 56.8 Å². The Bertz CT molecular complexity index is 1600. The Kier molecular flexibility index (Phi) is 8.40. The molecule has 2 aliphatic rings. The standard InChI is InChI=1S/C29H31BrClFN4O5Si/c1-42(2,3)9-8-38-15-36-28-21(34-29(36)41-23-14-40-26-22(37)13-39-27(23)26)11-19(31)24(35-28)16-4-6-17(7-5-16)25-20(32)10-18(30)12-33-25/h4-7,10-12,22-23,26-27,37H,8-9,13-15H2,1-3H3/t22-,23-,26-,27-/m1/s1.